The van der Waals surface area contributed by atoms with Gasteiger partial charge in [0, 0.05) is 25.5 Å². The quantitative estimate of drug-likeness (QED) is 0.638. The second kappa shape index (κ2) is 3.12. The van der Waals surface area contributed by atoms with Crippen molar-refractivity contribution in [1.29, 1.82) is 0 Å². The maximum atomic E-state index is 5.83. The molecule has 0 aromatic heterocycles. The van der Waals surface area contributed by atoms with Gasteiger partial charge in [-0.05, 0) is 42.4 Å². The van der Waals surface area contributed by atoms with Crippen molar-refractivity contribution in [2.75, 3.05) is 25.5 Å². The van der Waals surface area contributed by atoms with E-state index in [0.29, 0.717) is 5.41 Å². The lowest BCUT2D eigenvalue weighted by molar-refractivity contribution is 0.151. The Labute approximate surface area is 91.8 Å². The molecule has 0 unspecified atom stereocenters. The van der Waals surface area contributed by atoms with Crippen molar-refractivity contribution in [2.24, 2.45) is 23.2 Å². The highest BCUT2D eigenvalue weighted by Crippen LogP contribution is 2.62. The number of halogens is 1. The molecule has 3 rings (SSSR count). The average molecular weight is 214 g/mol. The number of fused-ring (bicyclic) bond motifs is 5. The molecule has 3 fully saturated rings. The molecule has 14 heavy (non-hydrogen) atoms. The minimum Gasteiger partial charge on any atom is -0.301 e. The van der Waals surface area contributed by atoms with Crippen molar-refractivity contribution in [3.63, 3.8) is 0 Å². The molecule has 2 heteroatoms. The molecule has 2 aliphatic carbocycles. The van der Waals surface area contributed by atoms with E-state index in [4.69, 9.17) is 11.6 Å². The first-order valence-corrected chi connectivity index (χ1v) is 6.56. The summed E-state index contributed by atoms with van der Waals surface area (Å²) in [5.74, 6) is 3.91. The monoisotopic (exact) mass is 213 g/mol. The predicted molar refractivity (Wildman–Crippen MR) is 59.6 cm³/mol. The van der Waals surface area contributed by atoms with Crippen molar-refractivity contribution in [3.05, 3.63) is 0 Å². The molecular weight excluding hydrogens is 194 g/mol. The van der Waals surface area contributed by atoms with E-state index in [0.717, 1.165) is 30.2 Å². The zero-order chi connectivity index (χ0) is 9.76. The predicted octanol–water partition coefficient (Wildman–Crippen LogP) is 2.59. The van der Waals surface area contributed by atoms with Crippen LogP contribution in [0.5, 0.6) is 0 Å². The van der Waals surface area contributed by atoms with Gasteiger partial charge in [0.1, 0.15) is 0 Å². The van der Waals surface area contributed by atoms with Gasteiger partial charge in [-0.3, -0.25) is 0 Å². The van der Waals surface area contributed by atoms with Crippen molar-refractivity contribution in [2.45, 2.75) is 26.2 Å². The Bertz CT molecular complexity index is 242. The van der Waals surface area contributed by atoms with Crippen molar-refractivity contribution >= 4 is 11.6 Å². The van der Waals surface area contributed by atoms with Crippen LogP contribution < -0.4 is 0 Å². The van der Waals surface area contributed by atoms with Gasteiger partial charge in [-0.1, -0.05) is 6.92 Å². The maximum Gasteiger partial charge on any atom is 0.0351 e. The largest absolute Gasteiger partial charge is 0.301 e. The molecule has 1 nitrogen and oxygen atoms in total. The van der Waals surface area contributed by atoms with Gasteiger partial charge in [0.15, 0.2) is 0 Å². The van der Waals surface area contributed by atoms with Crippen molar-refractivity contribution in [3.8, 4) is 0 Å². The van der Waals surface area contributed by atoms with Crippen LogP contribution in [0.25, 0.3) is 0 Å². The molecule has 0 spiro atoms. The Kier molecular flexibility index (Phi) is 2.11. The van der Waals surface area contributed by atoms with E-state index in [9.17, 15) is 0 Å². The van der Waals surface area contributed by atoms with Crippen LogP contribution in [0.15, 0.2) is 0 Å². The zero-order valence-electron chi connectivity index (χ0n) is 9.01. The molecule has 3 aliphatic rings. The molecule has 0 N–H and O–H groups in total. The number of hydrogen-bond donors (Lipinski definition) is 0. The van der Waals surface area contributed by atoms with Gasteiger partial charge in [0.2, 0.25) is 0 Å². The molecule has 0 aromatic carbocycles. The third-order valence-corrected chi connectivity index (χ3v) is 5.41. The Morgan fingerprint density at radius 2 is 2.29 bits per heavy atom. The molecule has 0 radical (unpaired) electrons. The summed E-state index contributed by atoms with van der Waals surface area (Å²) in [5, 5.41) is 0. The summed E-state index contributed by atoms with van der Waals surface area (Å²) in [6, 6.07) is 0. The summed E-state index contributed by atoms with van der Waals surface area (Å²) in [4.78, 5) is 2.60. The highest BCUT2D eigenvalue weighted by atomic mass is 35.5. The average Bonchev–Trinajstić information content (AvgIpc) is 2.74. The fourth-order valence-electron chi connectivity index (χ4n) is 4.54. The number of rotatable bonds is 2. The van der Waals surface area contributed by atoms with Crippen molar-refractivity contribution < 1.29 is 0 Å². The topological polar surface area (TPSA) is 3.24 Å². The lowest BCUT2D eigenvalue weighted by Gasteiger charge is -2.34. The second-order valence-corrected chi connectivity index (χ2v) is 6.18. The van der Waals surface area contributed by atoms with Crippen LogP contribution in [0.4, 0.5) is 0 Å². The minimum atomic E-state index is 0.662. The fourth-order valence-corrected chi connectivity index (χ4v) is 4.78. The second-order valence-electron chi connectivity index (χ2n) is 5.81. The maximum absolute atomic E-state index is 5.83. The van der Waals surface area contributed by atoms with Crippen LogP contribution in [0.2, 0.25) is 0 Å². The Balaban J connectivity index is 1.78. The summed E-state index contributed by atoms with van der Waals surface area (Å²) < 4.78 is 0. The number of hydrogen-bond acceptors (Lipinski definition) is 1. The van der Waals surface area contributed by atoms with Crippen LogP contribution >= 0.6 is 11.6 Å². The molecule has 0 aromatic rings. The summed E-state index contributed by atoms with van der Waals surface area (Å²) in [6.45, 7) is 6.30. The van der Waals surface area contributed by atoms with E-state index < -0.39 is 0 Å². The fraction of sp³-hybridized carbons (Fsp3) is 1.00. The third kappa shape index (κ3) is 1.12. The number of nitrogens with zero attached hydrogens (tertiary/aromatic N) is 1. The first-order chi connectivity index (χ1) is 6.74. The molecule has 4 atom stereocenters. The Hall–Kier alpha value is 0.250. The summed E-state index contributed by atoms with van der Waals surface area (Å²) in [5.41, 5.74) is 0.662. The summed E-state index contributed by atoms with van der Waals surface area (Å²) in [6.07, 6.45) is 4.56. The zero-order valence-corrected chi connectivity index (χ0v) is 9.76. The number of alkyl halides is 1. The minimum absolute atomic E-state index is 0.662. The molecule has 1 heterocycles. The van der Waals surface area contributed by atoms with Gasteiger partial charge in [-0.15, -0.1) is 11.6 Å². The van der Waals surface area contributed by atoms with Crippen LogP contribution in [0.1, 0.15) is 26.2 Å². The van der Waals surface area contributed by atoms with Gasteiger partial charge < -0.3 is 4.90 Å². The van der Waals surface area contributed by atoms with Gasteiger partial charge in [0.25, 0.3) is 0 Å². The lowest BCUT2D eigenvalue weighted by atomic mass is 9.70. The Morgan fingerprint density at radius 3 is 3.00 bits per heavy atom. The SMILES string of the molecule is C[C@]12CN(CCCl)C[C@@H]1[C@@H]1CC[C@@H]2C1. The first kappa shape index (κ1) is 9.47. The normalized spacial score (nSPS) is 51.4. The van der Waals surface area contributed by atoms with E-state index >= 15 is 0 Å². The van der Waals surface area contributed by atoms with E-state index in [2.05, 4.69) is 11.8 Å². The van der Waals surface area contributed by atoms with Crippen LogP contribution in [0, 0.1) is 23.2 Å². The molecule has 2 bridgehead atoms. The molecule has 1 aliphatic heterocycles. The van der Waals surface area contributed by atoms with Gasteiger partial charge in [-0.25, -0.2) is 0 Å². The summed E-state index contributed by atoms with van der Waals surface area (Å²) in [7, 11) is 0. The van der Waals surface area contributed by atoms with Gasteiger partial charge in [0.05, 0.1) is 0 Å². The Morgan fingerprint density at radius 1 is 1.43 bits per heavy atom. The highest BCUT2D eigenvalue weighted by molar-refractivity contribution is 6.18. The highest BCUT2D eigenvalue weighted by Gasteiger charge is 2.58. The van der Waals surface area contributed by atoms with E-state index in [-0.39, 0.29) is 0 Å². The van der Waals surface area contributed by atoms with E-state index in [1.165, 1.54) is 32.4 Å². The summed E-state index contributed by atoms with van der Waals surface area (Å²) >= 11 is 5.83. The molecule has 2 saturated carbocycles. The molecule has 80 valence electrons. The van der Waals surface area contributed by atoms with Crippen LogP contribution in [-0.4, -0.2) is 30.4 Å². The smallest absolute Gasteiger partial charge is 0.0351 e. The van der Waals surface area contributed by atoms with Crippen LogP contribution in [0.3, 0.4) is 0 Å². The lowest BCUT2D eigenvalue weighted by Crippen LogP contribution is -2.33. The van der Waals surface area contributed by atoms with E-state index in [1.807, 2.05) is 0 Å². The van der Waals surface area contributed by atoms with Gasteiger partial charge >= 0.3 is 0 Å². The number of likely N-dealkylation sites (tertiary alicyclic amines) is 1. The first-order valence-electron chi connectivity index (χ1n) is 6.02. The molecule has 1 saturated heterocycles. The standard InChI is InChI=1S/C12H20ClN/c1-12-8-14(5-4-13)7-11(12)9-2-3-10(12)6-9/h9-11H,2-8H2,1H3/t9-,10-,11-,12-/m1/s1. The molecule has 0 amide bonds. The molecular formula is C12H20ClN. The van der Waals surface area contributed by atoms with Crippen molar-refractivity contribution in [1.82, 2.24) is 4.90 Å². The van der Waals surface area contributed by atoms with Crippen LogP contribution in [-0.2, 0) is 0 Å². The van der Waals surface area contributed by atoms with Gasteiger partial charge in [-0.2, -0.15) is 0 Å². The van der Waals surface area contributed by atoms with E-state index in [1.54, 1.807) is 0 Å². The third-order valence-electron chi connectivity index (χ3n) is 5.24.